The van der Waals surface area contributed by atoms with E-state index in [9.17, 15) is 4.79 Å². The standard InChI is InChI=1S/C23H19N3OS2/c24-20-19(21(27)28)29-22(25-20)26-23(16-10-4-1-5-11-16,17-12-6-2-7-13-17)18-14-8-3-9-15-18/h1-15H,24H2,(H,25,26)(H,27,28). The van der Waals surface area contributed by atoms with Crippen LogP contribution in [0.15, 0.2) is 91.0 Å². The number of rotatable bonds is 6. The van der Waals surface area contributed by atoms with Crippen molar-refractivity contribution in [3.8, 4) is 0 Å². The van der Waals surface area contributed by atoms with Crippen LogP contribution in [0.3, 0.4) is 0 Å². The van der Waals surface area contributed by atoms with Gasteiger partial charge in [-0.05, 0) is 16.7 Å². The second-order valence-electron chi connectivity index (χ2n) is 6.51. The summed E-state index contributed by atoms with van der Waals surface area (Å²) >= 11 is 5.12. The van der Waals surface area contributed by atoms with E-state index in [-0.39, 0.29) is 5.82 Å². The molecule has 0 saturated heterocycles. The number of nitrogen functional groups attached to an aromatic ring is 1. The van der Waals surface area contributed by atoms with Crippen LogP contribution in [0.5, 0.6) is 0 Å². The summed E-state index contributed by atoms with van der Waals surface area (Å²) in [6.07, 6.45) is 0. The van der Waals surface area contributed by atoms with Crippen LogP contribution in [0.4, 0.5) is 10.9 Å². The summed E-state index contributed by atoms with van der Waals surface area (Å²) < 4.78 is 0. The van der Waals surface area contributed by atoms with Crippen molar-refractivity contribution < 1.29 is 4.79 Å². The van der Waals surface area contributed by atoms with Crippen molar-refractivity contribution in [2.45, 2.75) is 5.54 Å². The number of nitrogens with zero attached hydrogens (tertiary/aromatic N) is 1. The van der Waals surface area contributed by atoms with E-state index in [1.165, 1.54) is 11.3 Å². The Bertz CT molecular complexity index is 1020. The van der Waals surface area contributed by atoms with Crippen LogP contribution in [0.2, 0.25) is 0 Å². The molecular weight excluding hydrogens is 398 g/mol. The lowest BCUT2D eigenvalue weighted by atomic mass is 9.77. The third-order valence-electron chi connectivity index (χ3n) is 4.76. The van der Waals surface area contributed by atoms with Gasteiger partial charge in [-0.3, -0.25) is 4.79 Å². The molecule has 3 N–H and O–H groups in total. The van der Waals surface area contributed by atoms with E-state index in [1.54, 1.807) is 0 Å². The van der Waals surface area contributed by atoms with Gasteiger partial charge < -0.3 is 11.1 Å². The van der Waals surface area contributed by atoms with E-state index in [0.29, 0.717) is 10.0 Å². The molecule has 3 aromatic carbocycles. The summed E-state index contributed by atoms with van der Waals surface area (Å²) in [6.45, 7) is 0. The van der Waals surface area contributed by atoms with Gasteiger partial charge in [0.05, 0.1) is 0 Å². The van der Waals surface area contributed by atoms with Crippen LogP contribution in [0, 0.1) is 0 Å². The number of anilines is 2. The maximum atomic E-state index is 11.8. The summed E-state index contributed by atoms with van der Waals surface area (Å²) in [7, 11) is 0. The molecule has 0 amide bonds. The predicted octanol–water partition coefficient (Wildman–Crippen LogP) is 5.20. The number of thiazole rings is 1. The van der Waals surface area contributed by atoms with Gasteiger partial charge in [0.15, 0.2) is 5.13 Å². The predicted molar refractivity (Wildman–Crippen MR) is 123 cm³/mol. The largest absolute Gasteiger partial charge is 0.382 e. The van der Waals surface area contributed by atoms with E-state index in [4.69, 9.17) is 5.73 Å². The SMILES string of the molecule is Nc1nc(NC(c2ccccc2)(c2ccccc2)c2ccccc2)sc1C(=O)S. The van der Waals surface area contributed by atoms with Crippen LogP contribution >= 0.6 is 24.0 Å². The number of aromatic nitrogens is 1. The number of nitrogens with one attached hydrogen (secondary N) is 1. The zero-order valence-corrected chi connectivity index (χ0v) is 17.2. The molecule has 0 atom stereocenters. The van der Waals surface area contributed by atoms with Crippen molar-refractivity contribution in [3.05, 3.63) is 113 Å². The number of hydrogen-bond acceptors (Lipinski definition) is 5. The zero-order valence-electron chi connectivity index (χ0n) is 15.4. The minimum absolute atomic E-state index is 0.181. The fourth-order valence-electron chi connectivity index (χ4n) is 3.48. The third-order valence-corrected chi connectivity index (χ3v) is 6.12. The number of carbonyl (C=O) groups is 1. The summed E-state index contributed by atoms with van der Waals surface area (Å²) in [6, 6.07) is 30.5. The minimum Gasteiger partial charge on any atom is -0.382 e. The second kappa shape index (κ2) is 8.11. The zero-order chi connectivity index (χ0) is 20.3. The number of thiol groups is 1. The minimum atomic E-state index is -0.717. The van der Waals surface area contributed by atoms with Crippen LogP contribution in [0.25, 0.3) is 0 Å². The van der Waals surface area contributed by atoms with E-state index >= 15 is 0 Å². The first-order valence-corrected chi connectivity index (χ1v) is 10.3. The second-order valence-corrected chi connectivity index (χ2v) is 7.92. The highest BCUT2D eigenvalue weighted by Gasteiger charge is 2.37. The van der Waals surface area contributed by atoms with Gasteiger partial charge in [0, 0.05) is 0 Å². The van der Waals surface area contributed by atoms with Gasteiger partial charge in [0.1, 0.15) is 16.2 Å². The van der Waals surface area contributed by atoms with Gasteiger partial charge in [-0.1, -0.05) is 115 Å². The highest BCUT2D eigenvalue weighted by molar-refractivity contribution is 7.97. The summed E-state index contributed by atoms with van der Waals surface area (Å²) in [4.78, 5) is 16.5. The van der Waals surface area contributed by atoms with Crippen LogP contribution in [-0.4, -0.2) is 10.1 Å². The first-order chi connectivity index (χ1) is 14.1. The molecule has 6 heteroatoms. The average molecular weight is 418 g/mol. The molecule has 4 nitrogen and oxygen atoms in total. The molecule has 0 fully saturated rings. The number of carbonyl (C=O) groups excluding carboxylic acids is 1. The molecule has 0 aliphatic rings. The lowest BCUT2D eigenvalue weighted by molar-refractivity contribution is 0.109. The van der Waals surface area contributed by atoms with Crippen molar-refractivity contribution in [2.75, 3.05) is 11.1 Å². The Morgan fingerprint density at radius 1 is 0.828 bits per heavy atom. The smallest absolute Gasteiger partial charge is 0.230 e. The molecule has 1 aromatic heterocycles. The van der Waals surface area contributed by atoms with Crippen LogP contribution in [-0.2, 0) is 5.54 Å². The number of hydrogen-bond donors (Lipinski definition) is 3. The number of nitrogens with two attached hydrogens (primary N) is 1. The molecule has 0 bridgehead atoms. The molecule has 1 heterocycles. The van der Waals surface area contributed by atoms with E-state index in [2.05, 4.69) is 59.3 Å². The van der Waals surface area contributed by atoms with Gasteiger partial charge in [-0.15, -0.1) is 0 Å². The molecular formula is C23H19N3OS2. The van der Waals surface area contributed by atoms with Gasteiger partial charge in [0.25, 0.3) is 0 Å². The fourth-order valence-corrected chi connectivity index (χ4v) is 4.51. The van der Waals surface area contributed by atoms with Crippen molar-refractivity contribution in [1.82, 2.24) is 4.98 Å². The molecule has 0 aliphatic heterocycles. The summed E-state index contributed by atoms with van der Waals surface area (Å²) in [5, 5.41) is 3.76. The molecule has 0 aliphatic carbocycles. The highest BCUT2D eigenvalue weighted by Crippen LogP contribution is 2.41. The van der Waals surface area contributed by atoms with Crippen LogP contribution in [0.1, 0.15) is 26.4 Å². The maximum absolute atomic E-state index is 11.8. The monoisotopic (exact) mass is 417 g/mol. The Morgan fingerprint density at radius 2 is 1.24 bits per heavy atom. The van der Waals surface area contributed by atoms with Gasteiger partial charge in [-0.25, -0.2) is 4.98 Å². The van der Waals surface area contributed by atoms with Gasteiger partial charge in [-0.2, -0.15) is 0 Å². The summed E-state index contributed by atoms with van der Waals surface area (Å²) in [5.41, 5.74) is 8.39. The van der Waals surface area contributed by atoms with Crippen molar-refractivity contribution in [3.63, 3.8) is 0 Å². The topological polar surface area (TPSA) is 68.0 Å². The average Bonchev–Trinajstić information content (AvgIpc) is 3.14. The van der Waals surface area contributed by atoms with E-state index in [1.807, 2.05) is 54.6 Å². The fraction of sp³-hybridized carbons (Fsp3) is 0.0435. The Hall–Kier alpha value is -3.09. The Morgan fingerprint density at radius 3 is 1.59 bits per heavy atom. The quantitative estimate of drug-likeness (QED) is 0.298. The normalized spacial score (nSPS) is 11.2. The van der Waals surface area contributed by atoms with Gasteiger partial charge in [0.2, 0.25) is 5.12 Å². The maximum Gasteiger partial charge on any atom is 0.230 e. The molecule has 144 valence electrons. The third kappa shape index (κ3) is 3.64. The Kier molecular flexibility index (Phi) is 5.38. The van der Waals surface area contributed by atoms with Crippen molar-refractivity contribution >= 4 is 40.0 Å². The van der Waals surface area contributed by atoms with Crippen molar-refractivity contribution in [2.24, 2.45) is 0 Å². The molecule has 0 spiro atoms. The highest BCUT2D eigenvalue weighted by atomic mass is 32.1. The van der Waals surface area contributed by atoms with E-state index in [0.717, 1.165) is 16.7 Å². The lowest BCUT2D eigenvalue weighted by Gasteiger charge is -2.36. The summed E-state index contributed by atoms with van der Waals surface area (Å²) in [5.74, 6) is 0.181. The van der Waals surface area contributed by atoms with E-state index < -0.39 is 10.7 Å². The van der Waals surface area contributed by atoms with Crippen molar-refractivity contribution in [1.29, 1.82) is 0 Å². The molecule has 0 unspecified atom stereocenters. The van der Waals surface area contributed by atoms with Gasteiger partial charge >= 0.3 is 0 Å². The first-order valence-electron chi connectivity index (χ1n) is 9.05. The molecule has 29 heavy (non-hydrogen) atoms. The lowest BCUT2D eigenvalue weighted by Crippen LogP contribution is -2.38. The molecule has 0 saturated carbocycles. The molecule has 4 rings (SSSR count). The Labute approximate surface area is 178 Å². The molecule has 0 radical (unpaired) electrons. The van der Waals surface area contributed by atoms with Crippen LogP contribution < -0.4 is 11.1 Å². The first kappa shape index (κ1) is 19.2. The molecule has 4 aromatic rings. The number of benzene rings is 3. The Balaban J connectivity index is 1.98.